The molecule has 7 heteroatoms. The van der Waals surface area contributed by atoms with Crippen LogP contribution in [0.2, 0.25) is 0 Å². The average Bonchev–Trinajstić information content (AvgIpc) is 3.30. The highest BCUT2D eigenvalue weighted by Crippen LogP contribution is 2.52. The van der Waals surface area contributed by atoms with E-state index in [1.54, 1.807) is 29.4 Å². The number of allylic oxidation sites excluding steroid dienone is 1. The molecule has 4 atom stereocenters. The van der Waals surface area contributed by atoms with Gasteiger partial charge in [-0.25, -0.2) is 0 Å². The van der Waals surface area contributed by atoms with Gasteiger partial charge in [-0.05, 0) is 59.9 Å². The molecule has 0 radical (unpaired) electrons. The minimum absolute atomic E-state index is 0.0769. The number of likely N-dealkylation sites (tertiary alicyclic amines) is 1. The Bertz CT molecular complexity index is 1310. The molecule has 0 saturated carbocycles. The maximum absolute atomic E-state index is 13.8. The minimum atomic E-state index is -0.655. The molecule has 2 heterocycles. The molecule has 1 saturated heterocycles. The van der Waals surface area contributed by atoms with E-state index in [-0.39, 0.29) is 17.6 Å². The lowest BCUT2D eigenvalue weighted by Crippen LogP contribution is -2.41. The van der Waals surface area contributed by atoms with Crippen molar-refractivity contribution in [2.45, 2.75) is 18.9 Å². The van der Waals surface area contributed by atoms with Gasteiger partial charge < -0.3 is 20.5 Å². The van der Waals surface area contributed by atoms with Gasteiger partial charge in [0.1, 0.15) is 12.0 Å². The standard InChI is InChI=1S/C29H27N3O4/c30-28(35)23-14-21(13-18-5-4-12-31-15-18)24-16-32(29(36)20-8-10-22(34)11-9-20)27(26(24)25(23)17-33)19-6-2-1-3-7-19/h1-12,15,17,23,25-27,34H,13-14,16H2,(H2,30,35). The second-order valence-corrected chi connectivity index (χ2v) is 9.45. The fourth-order valence-corrected chi connectivity index (χ4v) is 5.75. The van der Waals surface area contributed by atoms with Crippen molar-refractivity contribution in [2.24, 2.45) is 23.5 Å². The van der Waals surface area contributed by atoms with Gasteiger partial charge in [0.25, 0.3) is 5.91 Å². The number of benzene rings is 2. The number of amides is 2. The summed E-state index contributed by atoms with van der Waals surface area (Å²) in [6.45, 7) is 0.343. The highest BCUT2D eigenvalue weighted by molar-refractivity contribution is 5.95. The lowest BCUT2D eigenvalue weighted by atomic mass is 9.66. The monoisotopic (exact) mass is 481 g/mol. The number of nitrogens with two attached hydrogens (primary N) is 1. The number of rotatable bonds is 6. The van der Waals surface area contributed by atoms with Crippen molar-refractivity contribution in [3.05, 3.63) is 107 Å². The van der Waals surface area contributed by atoms with Gasteiger partial charge in [-0.3, -0.25) is 14.6 Å². The van der Waals surface area contributed by atoms with E-state index in [1.807, 2.05) is 42.5 Å². The highest BCUT2D eigenvalue weighted by atomic mass is 16.3. The number of nitrogens with zero attached hydrogens (tertiary/aromatic N) is 2. The summed E-state index contributed by atoms with van der Waals surface area (Å²) in [5.74, 6) is -2.30. The molecular weight excluding hydrogens is 454 g/mol. The van der Waals surface area contributed by atoms with Gasteiger partial charge in [-0.1, -0.05) is 42.0 Å². The molecule has 7 nitrogen and oxygen atoms in total. The summed E-state index contributed by atoms with van der Waals surface area (Å²) >= 11 is 0. The molecule has 182 valence electrons. The van der Waals surface area contributed by atoms with Crippen molar-refractivity contribution in [3.8, 4) is 5.75 Å². The Labute approximate surface area is 209 Å². The Morgan fingerprint density at radius 3 is 2.44 bits per heavy atom. The number of phenolic OH excluding ortho intramolecular Hbond substituents is 1. The molecule has 1 aliphatic carbocycles. The molecular formula is C29H27N3O4. The van der Waals surface area contributed by atoms with E-state index < -0.39 is 23.8 Å². The summed E-state index contributed by atoms with van der Waals surface area (Å²) in [4.78, 5) is 44.8. The van der Waals surface area contributed by atoms with Crippen LogP contribution in [0, 0.1) is 17.8 Å². The van der Waals surface area contributed by atoms with E-state index in [1.165, 1.54) is 12.1 Å². The summed E-state index contributed by atoms with van der Waals surface area (Å²) in [6.07, 6.45) is 5.28. The van der Waals surface area contributed by atoms with Crippen molar-refractivity contribution in [2.75, 3.05) is 6.54 Å². The molecule has 1 aliphatic heterocycles. The van der Waals surface area contributed by atoms with Gasteiger partial charge in [-0.15, -0.1) is 0 Å². The second kappa shape index (κ2) is 9.77. The molecule has 36 heavy (non-hydrogen) atoms. The van der Waals surface area contributed by atoms with Crippen LogP contribution >= 0.6 is 0 Å². The predicted molar refractivity (Wildman–Crippen MR) is 134 cm³/mol. The fourth-order valence-electron chi connectivity index (χ4n) is 5.75. The Balaban J connectivity index is 1.66. The van der Waals surface area contributed by atoms with E-state index >= 15 is 0 Å². The zero-order chi connectivity index (χ0) is 25.2. The van der Waals surface area contributed by atoms with Crippen LogP contribution in [0.4, 0.5) is 0 Å². The molecule has 2 amide bonds. The number of aromatic hydroxyl groups is 1. The number of primary amides is 1. The average molecular weight is 482 g/mol. The first-order valence-electron chi connectivity index (χ1n) is 12.0. The molecule has 4 unspecified atom stereocenters. The third kappa shape index (κ3) is 4.28. The van der Waals surface area contributed by atoms with Gasteiger partial charge >= 0.3 is 0 Å². The number of aldehydes is 1. The van der Waals surface area contributed by atoms with E-state index in [0.29, 0.717) is 24.9 Å². The van der Waals surface area contributed by atoms with Crippen LogP contribution in [-0.2, 0) is 16.0 Å². The van der Waals surface area contributed by atoms with Crippen LogP contribution in [0.25, 0.3) is 0 Å². The Morgan fingerprint density at radius 1 is 1.06 bits per heavy atom. The lowest BCUT2D eigenvalue weighted by Gasteiger charge is -2.37. The predicted octanol–water partition coefficient (Wildman–Crippen LogP) is 3.46. The quantitative estimate of drug-likeness (QED) is 0.414. The van der Waals surface area contributed by atoms with Crippen molar-refractivity contribution >= 4 is 18.1 Å². The molecule has 2 aliphatic rings. The Hall–Kier alpha value is -4.26. The SMILES string of the molecule is NC(=O)C1CC(Cc2cccnc2)=C2CN(C(=O)c3ccc(O)cc3)C(c3ccccc3)C2C1C=O. The molecule has 1 aromatic heterocycles. The third-order valence-corrected chi connectivity index (χ3v) is 7.40. The van der Waals surface area contributed by atoms with Crippen LogP contribution < -0.4 is 5.73 Å². The summed E-state index contributed by atoms with van der Waals surface area (Å²) in [5.41, 5.74) is 10.2. The summed E-state index contributed by atoms with van der Waals surface area (Å²) < 4.78 is 0. The molecule has 3 aromatic rings. The van der Waals surface area contributed by atoms with Crippen LogP contribution in [0.5, 0.6) is 5.75 Å². The number of phenols is 1. The van der Waals surface area contributed by atoms with Gasteiger partial charge in [0.05, 0.1) is 12.0 Å². The van der Waals surface area contributed by atoms with Gasteiger partial charge in [-0.2, -0.15) is 0 Å². The molecule has 0 spiro atoms. The molecule has 3 N–H and O–H groups in total. The third-order valence-electron chi connectivity index (χ3n) is 7.40. The van der Waals surface area contributed by atoms with Crippen LogP contribution in [-0.4, -0.2) is 39.6 Å². The number of aromatic nitrogens is 1. The maximum atomic E-state index is 13.8. The fraction of sp³-hybridized carbons (Fsp3) is 0.241. The number of hydrogen-bond donors (Lipinski definition) is 2. The number of pyridine rings is 1. The smallest absolute Gasteiger partial charge is 0.254 e. The molecule has 0 bridgehead atoms. The summed E-state index contributed by atoms with van der Waals surface area (Å²) in [7, 11) is 0. The number of carbonyl (C=O) groups is 3. The highest BCUT2D eigenvalue weighted by Gasteiger charge is 2.51. The van der Waals surface area contributed by atoms with Crippen molar-refractivity contribution < 1.29 is 19.5 Å². The van der Waals surface area contributed by atoms with Crippen LogP contribution in [0.3, 0.4) is 0 Å². The van der Waals surface area contributed by atoms with E-state index in [0.717, 1.165) is 28.6 Å². The first-order valence-corrected chi connectivity index (χ1v) is 12.0. The Kier molecular flexibility index (Phi) is 6.38. The largest absolute Gasteiger partial charge is 0.508 e. The summed E-state index contributed by atoms with van der Waals surface area (Å²) in [6, 6.07) is 19.2. The van der Waals surface area contributed by atoms with E-state index in [2.05, 4.69) is 4.98 Å². The zero-order valence-electron chi connectivity index (χ0n) is 19.7. The minimum Gasteiger partial charge on any atom is -0.508 e. The van der Waals surface area contributed by atoms with Crippen molar-refractivity contribution in [1.29, 1.82) is 0 Å². The number of fused-ring (bicyclic) bond motifs is 1. The normalized spacial score (nSPS) is 23.3. The molecule has 5 rings (SSSR count). The van der Waals surface area contributed by atoms with Crippen LogP contribution in [0.1, 0.15) is 33.9 Å². The topological polar surface area (TPSA) is 114 Å². The van der Waals surface area contributed by atoms with E-state index in [9.17, 15) is 19.5 Å². The molecule has 1 fully saturated rings. The number of carbonyl (C=O) groups excluding carboxylic acids is 3. The Morgan fingerprint density at radius 2 is 1.81 bits per heavy atom. The van der Waals surface area contributed by atoms with Gasteiger partial charge in [0.15, 0.2) is 0 Å². The zero-order valence-corrected chi connectivity index (χ0v) is 19.7. The maximum Gasteiger partial charge on any atom is 0.254 e. The summed E-state index contributed by atoms with van der Waals surface area (Å²) in [5, 5.41) is 9.70. The number of hydrogen-bond acceptors (Lipinski definition) is 5. The van der Waals surface area contributed by atoms with Crippen molar-refractivity contribution in [3.63, 3.8) is 0 Å². The van der Waals surface area contributed by atoms with Gasteiger partial charge in [0.2, 0.25) is 5.91 Å². The molecule has 2 aromatic carbocycles. The van der Waals surface area contributed by atoms with Gasteiger partial charge in [0, 0.05) is 36.3 Å². The lowest BCUT2D eigenvalue weighted by molar-refractivity contribution is -0.128. The van der Waals surface area contributed by atoms with E-state index in [4.69, 9.17) is 5.73 Å². The van der Waals surface area contributed by atoms with Crippen LogP contribution in [0.15, 0.2) is 90.3 Å². The second-order valence-electron chi connectivity index (χ2n) is 9.45. The first-order chi connectivity index (χ1) is 17.5. The first kappa shape index (κ1) is 23.5. The van der Waals surface area contributed by atoms with Crippen molar-refractivity contribution in [1.82, 2.24) is 9.88 Å².